The highest BCUT2D eigenvalue weighted by Crippen LogP contribution is 2.42. The number of hydrogen-bond acceptors (Lipinski definition) is 7. The first kappa shape index (κ1) is 27.0. The van der Waals surface area contributed by atoms with Crippen LogP contribution in [0.15, 0.2) is 42.5 Å². The Hall–Kier alpha value is -3.56. The van der Waals surface area contributed by atoms with Crippen molar-refractivity contribution in [1.29, 1.82) is 0 Å². The lowest BCUT2D eigenvalue weighted by atomic mass is 9.91. The van der Waals surface area contributed by atoms with E-state index in [1.165, 1.54) is 0 Å². The van der Waals surface area contributed by atoms with E-state index in [0.29, 0.717) is 41.3 Å². The summed E-state index contributed by atoms with van der Waals surface area (Å²) < 4.78 is 37.6. The number of aryl methyl sites for hydroxylation is 1. The van der Waals surface area contributed by atoms with Crippen molar-refractivity contribution >= 4 is 27.5 Å². The van der Waals surface area contributed by atoms with Crippen LogP contribution in [0.1, 0.15) is 44.6 Å². The fourth-order valence-corrected chi connectivity index (χ4v) is 8.23. The van der Waals surface area contributed by atoms with Gasteiger partial charge in [-0.15, -0.1) is 0 Å². The van der Waals surface area contributed by atoms with E-state index in [-0.39, 0.29) is 35.5 Å². The van der Waals surface area contributed by atoms with Crippen LogP contribution in [0.5, 0.6) is 11.8 Å². The number of hydrogen-bond donors (Lipinski definition) is 2. The lowest BCUT2D eigenvalue weighted by molar-refractivity contribution is 0.107. The van der Waals surface area contributed by atoms with Crippen LogP contribution in [0.2, 0.25) is 0 Å². The summed E-state index contributed by atoms with van der Waals surface area (Å²) in [6.45, 7) is 5.31. The molecule has 9 rings (SSSR count). The normalized spacial score (nSPS) is 27.0. The number of phenols is 1. The Morgan fingerprint density at radius 3 is 2.81 bits per heavy atom. The van der Waals surface area contributed by atoms with Crippen molar-refractivity contribution in [2.75, 3.05) is 37.7 Å². The van der Waals surface area contributed by atoms with Crippen molar-refractivity contribution < 1.29 is 18.6 Å². The van der Waals surface area contributed by atoms with E-state index < -0.39 is 12.0 Å². The Bertz CT molecular complexity index is 1720. The van der Waals surface area contributed by atoms with E-state index in [2.05, 4.69) is 27.0 Å². The summed E-state index contributed by atoms with van der Waals surface area (Å²) in [6.07, 6.45) is 4.40. The number of aromatic nitrogens is 2. The standard InChI is InChI=1S/C34H37F2N5O2/c1-2-20-5-3-6-21-13-25(42)14-28(29(20)21)26-9-10-27-31(30(26)36)38-33(39-32(27)41-18-23-7-8-24(41)16-37-23)43-19-34-11-4-12-40(34)17-22(35)15-34/h3,5-6,9-10,13-14,22-24,37,42H,2,4,7-8,11-12,15-19H2,1H3/t22-,23+,24+,34?/m1/s1. The summed E-state index contributed by atoms with van der Waals surface area (Å²) in [4.78, 5) is 14.1. The van der Waals surface area contributed by atoms with Gasteiger partial charge in [-0.05, 0) is 78.7 Å². The van der Waals surface area contributed by atoms with Gasteiger partial charge in [0, 0.05) is 49.1 Å². The molecule has 7 nitrogen and oxygen atoms in total. The van der Waals surface area contributed by atoms with Crippen LogP contribution >= 0.6 is 0 Å². The number of fused-ring (bicyclic) bond motifs is 6. The number of nitrogens with one attached hydrogen (secondary N) is 1. The van der Waals surface area contributed by atoms with Gasteiger partial charge in [0.15, 0.2) is 5.82 Å². The van der Waals surface area contributed by atoms with Crippen LogP contribution in [0.4, 0.5) is 14.6 Å². The Labute approximate surface area is 249 Å². The summed E-state index contributed by atoms with van der Waals surface area (Å²) >= 11 is 0. The lowest BCUT2D eigenvalue weighted by Gasteiger charge is -2.46. The highest BCUT2D eigenvalue weighted by molar-refractivity contribution is 6.03. The van der Waals surface area contributed by atoms with E-state index in [4.69, 9.17) is 9.72 Å². The Kier molecular flexibility index (Phi) is 6.45. The molecule has 1 unspecified atom stereocenters. The number of halogens is 2. The quantitative estimate of drug-likeness (QED) is 0.298. The second-order valence-electron chi connectivity index (χ2n) is 12.9. The third kappa shape index (κ3) is 4.42. The van der Waals surface area contributed by atoms with E-state index in [1.54, 1.807) is 18.2 Å². The molecule has 5 saturated heterocycles. The molecule has 43 heavy (non-hydrogen) atoms. The maximum Gasteiger partial charge on any atom is 0.319 e. The zero-order valence-electron chi connectivity index (χ0n) is 24.5. The Morgan fingerprint density at radius 2 is 2.02 bits per heavy atom. The largest absolute Gasteiger partial charge is 0.508 e. The summed E-state index contributed by atoms with van der Waals surface area (Å²) in [6, 6.07) is 13.8. The zero-order chi connectivity index (χ0) is 29.3. The van der Waals surface area contributed by atoms with Crippen molar-refractivity contribution in [3.05, 3.63) is 53.8 Å². The summed E-state index contributed by atoms with van der Waals surface area (Å²) in [5.41, 5.74) is 1.94. The molecule has 5 fully saturated rings. The second kappa shape index (κ2) is 10.3. The van der Waals surface area contributed by atoms with Gasteiger partial charge in [-0.3, -0.25) is 4.90 Å². The van der Waals surface area contributed by atoms with Crippen molar-refractivity contribution in [2.45, 2.75) is 69.2 Å². The summed E-state index contributed by atoms with van der Waals surface area (Å²) in [5, 5.41) is 16.6. The van der Waals surface area contributed by atoms with Gasteiger partial charge in [0.25, 0.3) is 0 Å². The molecule has 4 aromatic rings. The fraction of sp³-hybridized carbons (Fsp3) is 0.471. The molecule has 1 aromatic heterocycles. The number of piperidine rings is 2. The predicted octanol–water partition coefficient (Wildman–Crippen LogP) is 5.75. The molecule has 0 spiro atoms. The van der Waals surface area contributed by atoms with E-state index in [0.717, 1.165) is 68.1 Å². The van der Waals surface area contributed by atoms with E-state index >= 15 is 4.39 Å². The van der Waals surface area contributed by atoms with Gasteiger partial charge in [0.2, 0.25) is 0 Å². The highest BCUT2D eigenvalue weighted by atomic mass is 19.1. The number of anilines is 1. The number of aromatic hydroxyl groups is 1. The van der Waals surface area contributed by atoms with E-state index in [1.807, 2.05) is 24.3 Å². The molecule has 3 aromatic carbocycles. The first-order valence-electron chi connectivity index (χ1n) is 15.7. The van der Waals surface area contributed by atoms with Crippen molar-refractivity contribution in [2.24, 2.45) is 0 Å². The molecule has 0 saturated carbocycles. The van der Waals surface area contributed by atoms with Gasteiger partial charge in [-0.2, -0.15) is 9.97 Å². The van der Waals surface area contributed by atoms with Gasteiger partial charge >= 0.3 is 6.01 Å². The fourth-order valence-electron chi connectivity index (χ4n) is 8.23. The van der Waals surface area contributed by atoms with Gasteiger partial charge in [0.1, 0.15) is 29.9 Å². The number of alkyl halides is 1. The summed E-state index contributed by atoms with van der Waals surface area (Å²) in [5.74, 6) is 0.310. The minimum Gasteiger partial charge on any atom is -0.508 e. The molecule has 2 bridgehead atoms. The Balaban J connectivity index is 1.27. The molecule has 2 N–H and O–H groups in total. The molecule has 224 valence electrons. The van der Waals surface area contributed by atoms with Crippen LogP contribution in [-0.2, 0) is 6.42 Å². The molecule has 0 amide bonds. The van der Waals surface area contributed by atoms with Crippen molar-refractivity contribution in [3.8, 4) is 22.9 Å². The average Bonchev–Trinajstić information content (AvgIpc) is 3.55. The number of nitrogens with zero attached hydrogens (tertiary/aromatic N) is 4. The minimum atomic E-state index is -0.862. The summed E-state index contributed by atoms with van der Waals surface area (Å²) in [7, 11) is 0. The van der Waals surface area contributed by atoms with Gasteiger partial charge < -0.3 is 20.1 Å². The predicted molar refractivity (Wildman–Crippen MR) is 164 cm³/mol. The van der Waals surface area contributed by atoms with Gasteiger partial charge in [0.05, 0.1) is 5.54 Å². The van der Waals surface area contributed by atoms with Crippen molar-refractivity contribution in [3.63, 3.8) is 0 Å². The number of ether oxygens (including phenoxy) is 1. The first-order valence-corrected chi connectivity index (χ1v) is 15.7. The second-order valence-corrected chi connectivity index (χ2v) is 12.9. The van der Waals surface area contributed by atoms with Gasteiger partial charge in [-0.25, -0.2) is 8.78 Å². The van der Waals surface area contributed by atoms with Gasteiger partial charge in [-0.1, -0.05) is 31.2 Å². The highest BCUT2D eigenvalue weighted by Gasteiger charge is 2.49. The van der Waals surface area contributed by atoms with Crippen molar-refractivity contribution in [1.82, 2.24) is 20.2 Å². The van der Waals surface area contributed by atoms with Crippen LogP contribution in [-0.4, -0.2) is 76.6 Å². The number of rotatable bonds is 6. The number of benzene rings is 3. The molecule has 6 heterocycles. The smallest absolute Gasteiger partial charge is 0.319 e. The maximum absolute atomic E-state index is 16.9. The molecule has 9 heteroatoms. The third-order valence-corrected chi connectivity index (χ3v) is 10.3. The molecule has 4 atom stereocenters. The SMILES string of the molecule is CCc1cccc2cc(O)cc(-c3ccc4c(N5C[C@@H]6CC[C@H]5CN6)nc(OCC56CCCN5C[C@H](F)C6)nc4c3F)c12. The number of piperazine rings is 1. The molecule has 5 aliphatic rings. The molecule has 0 radical (unpaired) electrons. The molecule has 5 aliphatic heterocycles. The number of phenolic OH excluding ortho intramolecular Hbond substituents is 1. The third-order valence-electron chi connectivity index (χ3n) is 10.3. The average molecular weight is 586 g/mol. The topological polar surface area (TPSA) is 73.8 Å². The zero-order valence-corrected chi connectivity index (χ0v) is 24.5. The maximum atomic E-state index is 16.9. The van der Waals surface area contributed by atoms with Crippen LogP contribution in [0.25, 0.3) is 32.8 Å². The minimum absolute atomic E-state index is 0.0857. The van der Waals surface area contributed by atoms with Crippen LogP contribution < -0.4 is 15.0 Å². The lowest BCUT2D eigenvalue weighted by Crippen LogP contribution is -2.61. The molecular weight excluding hydrogens is 548 g/mol. The molecule has 0 aliphatic carbocycles. The molecular formula is C34H37F2N5O2. The van der Waals surface area contributed by atoms with Crippen LogP contribution in [0.3, 0.4) is 0 Å². The first-order chi connectivity index (χ1) is 20.9. The van der Waals surface area contributed by atoms with Crippen LogP contribution in [0, 0.1) is 5.82 Å². The monoisotopic (exact) mass is 585 g/mol. The van der Waals surface area contributed by atoms with E-state index in [9.17, 15) is 9.50 Å². The Morgan fingerprint density at radius 1 is 1.12 bits per heavy atom.